The predicted molar refractivity (Wildman–Crippen MR) is 69.5 cm³/mol. The molecule has 1 unspecified atom stereocenters. The minimum absolute atomic E-state index is 0.220. The van der Waals surface area contributed by atoms with Gasteiger partial charge in [0.25, 0.3) is 0 Å². The van der Waals surface area contributed by atoms with Gasteiger partial charge in [-0.3, -0.25) is 4.79 Å². The number of rotatable bonds is 3. The van der Waals surface area contributed by atoms with Crippen molar-refractivity contribution in [2.75, 3.05) is 6.54 Å². The summed E-state index contributed by atoms with van der Waals surface area (Å²) in [5, 5.41) is 3.28. The summed E-state index contributed by atoms with van der Waals surface area (Å²) in [5.74, 6) is 0.220. The molecule has 0 radical (unpaired) electrons. The largest absolute Gasteiger partial charge is 0.352 e. The highest BCUT2D eigenvalue weighted by Crippen LogP contribution is 2.40. The lowest BCUT2D eigenvalue weighted by Crippen LogP contribution is -2.50. The van der Waals surface area contributed by atoms with Gasteiger partial charge in [-0.15, -0.1) is 0 Å². The second-order valence-electron chi connectivity index (χ2n) is 6.60. The van der Waals surface area contributed by atoms with Crippen LogP contribution in [0.4, 0.5) is 0 Å². The summed E-state index contributed by atoms with van der Waals surface area (Å²) >= 11 is 0. The van der Waals surface area contributed by atoms with Crippen molar-refractivity contribution in [1.29, 1.82) is 0 Å². The van der Waals surface area contributed by atoms with Gasteiger partial charge in [0.05, 0.1) is 5.41 Å². The maximum absolute atomic E-state index is 12.5. The lowest BCUT2D eigenvalue weighted by Gasteiger charge is -2.33. The first kappa shape index (κ1) is 12.9. The number of nitrogens with two attached hydrogens (primary N) is 1. The fourth-order valence-corrected chi connectivity index (χ4v) is 3.48. The SMILES string of the molecule is CC1(C)CCCC1NC(=O)C1(CN)CCCC1. The predicted octanol–water partition coefficient (Wildman–Crippen LogP) is 2.20. The van der Waals surface area contributed by atoms with Crippen LogP contribution >= 0.6 is 0 Å². The van der Waals surface area contributed by atoms with Crippen LogP contribution in [0.5, 0.6) is 0 Å². The molecule has 2 fully saturated rings. The summed E-state index contributed by atoms with van der Waals surface area (Å²) < 4.78 is 0. The number of amides is 1. The van der Waals surface area contributed by atoms with Crippen molar-refractivity contribution in [1.82, 2.24) is 5.32 Å². The van der Waals surface area contributed by atoms with Gasteiger partial charge in [0.2, 0.25) is 5.91 Å². The third-order valence-corrected chi connectivity index (χ3v) is 5.00. The summed E-state index contributed by atoms with van der Waals surface area (Å²) in [5.41, 5.74) is 5.85. The molecule has 0 saturated heterocycles. The average molecular weight is 238 g/mol. The van der Waals surface area contributed by atoms with Crippen molar-refractivity contribution in [3.8, 4) is 0 Å². The Morgan fingerprint density at radius 2 is 1.88 bits per heavy atom. The molecule has 0 spiro atoms. The Kier molecular flexibility index (Phi) is 3.48. The molecule has 3 N–H and O–H groups in total. The Balaban J connectivity index is 2.01. The zero-order valence-corrected chi connectivity index (χ0v) is 11.2. The molecule has 3 nitrogen and oxygen atoms in total. The summed E-state index contributed by atoms with van der Waals surface area (Å²) in [6, 6.07) is 0.346. The van der Waals surface area contributed by atoms with E-state index in [0.29, 0.717) is 12.6 Å². The van der Waals surface area contributed by atoms with Crippen molar-refractivity contribution in [2.24, 2.45) is 16.6 Å². The van der Waals surface area contributed by atoms with Gasteiger partial charge in [-0.2, -0.15) is 0 Å². The van der Waals surface area contributed by atoms with Crippen LogP contribution in [0.1, 0.15) is 58.8 Å². The zero-order valence-electron chi connectivity index (χ0n) is 11.2. The first-order valence-electron chi connectivity index (χ1n) is 7.01. The van der Waals surface area contributed by atoms with Gasteiger partial charge in [0.15, 0.2) is 0 Å². The van der Waals surface area contributed by atoms with Gasteiger partial charge in [0, 0.05) is 12.6 Å². The molecule has 1 atom stereocenters. The molecular formula is C14H26N2O. The quantitative estimate of drug-likeness (QED) is 0.792. The molecule has 0 aromatic rings. The Hall–Kier alpha value is -0.570. The van der Waals surface area contributed by atoms with E-state index in [0.717, 1.165) is 32.1 Å². The number of carbonyl (C=O) groups excluding carboxylic acids is 1. The van der Waals surface area contributed by atoms with Crippen LogP contribution in [-0.2, 0) is 4.79 Å². The van der Waals surface area contributed by atoms with Gasteiger partial charge in [-0.1, -0.05) is 33.1 Å². The molecule has 98 valence electrons. The van der Waals surface area contributed by atoms with Crippen LogP contribution in [0.2, 0.25) is 0 Å². The van der Waals surface area contributed by atoms with E-state index >= 15 is 0 Å². The van der Waals surface area contributed by atoms with E-state index < -0.39 is 0 Å². The normalized spacial score (nSPS) is 30.4. The molecule has 2 rings (SSSR count). The molecular weight excluding hydrogens is 212 g/mol. The van der Waals surface area contributed by atoms with Crippen LogP contribution in [0.3, 0.4) is 0 Å². The Morgan fingerprint density at radius 3 is 2.35 bits per heavy atom. The number of nitrogens with one attached hydrogen (secondary N) is 1. The lowest BCUT2D eigenvalue weighted by atomic mass is 9.82. The minimum Gasteiger partial charge on any atom is -0.352 e. The maximum atomic E-state index is 12.5. The number of carbonyl (C=O) groups is 1. The molecule has 2 aliphatic carbocycles. The molecule has 1 amide bonds. The number of hydrogen-bond donors (Lipinski definition) is 2. The summed E-state index contributed by atoms with van der Waals surface area (Å²) in [6.07, 6.45) is 7.82. The van der Waals surface area contributed by atoms with Crippen LogP contribution in [-0.4, -0.2) is 18.5 Å². The van der Waals surface area contributed by atoms with Crippen molar-refractivity contribution in [3.05, 3.63) is 0 Å². The fraction of sp³-hybridized carbons (Fsp3) is 0.929. The van der Waals surface area contributed by atoms with Crippen molar-refractivity contribution in [3.63, 3.8) is 0 Å². The third-order valence-electron chi connectivity index (χ3n) is 5.00. The summed E-state index contributed by atoms with van der Waals surface area (Å²) in [7, 11) is 0. The highest BCUT2D eigenvalue weighted by Gasteiger charge is 2.43. The molecule has 0 heterocycles. The lowest BCUT2D eigenvalue weighted by molar-refractivity contribution is -0.131. The molecule has 2 aliphatic rings. The second-order valence-corrected chi connectivity index (χ2v) is 6.60. The summed E-state index contributed by atoms with van der Waals surface area (Å²) in [4.78, 5) is 12.5. The van der Waals surface area contributed by atoms with Crippen molar-refractivity contribution < 1.29 is 4.79 Å². The van der Waals surface area contributed by atoms with E-state index in [2.05, 4.69) is 19.2 Å². The molecule has 0 aromatic heterocycles. The standard InChI is InChI=1S/C14H26N2O/c1-13(2)7-5-6-11(13)16-12(17)14(10-15)8-3-4-9-14/h11H,3-10,15H2,1-2H3,(H,16,17). The first-order chi connectivity index (χ1) is 8.00. The topological polar surface area (TPSA) is 55.1 Å². The fourth-order valence-electron chi connectivity index (χ4n) is 3.48. The van der Waals surface area contributed by atoms with Gasteiger partial charge in [-0.25, -0.2) is 0 Å². The molecule has 0 aliphatic heterocycles. The Morgan fingerprint density at radius 1 is 1.24 bits per heavy atom. The van der Waals surface area contributed by atoms with Gasteiger partial charge >= 0.3 is 0 Å². The Labute approximate surface area is 105 Å². The molecule has 0 bridgehead atoms. The van der Waals surface area contributed by atoms with E-state index in [1.54, 1.807) is 0 Å². The first-order valence-corrected chi connectivity index (χ1v) is 7.01. The van der Waals surface area contributed by atoms with E-state index in [9.17, 15) is 4.79 Å². The summed E-state index contributed by atoms with van der Waals surface area (Å²) in [6.45, 7) is 5.02. The molecule has 3 heteroatoms. The highest BCUT2D eigenvalue weighted by atomic mass is 16.2. The van der Waals surface area contributed by atoms with E-state index in [4.69, 9.17) is 5.73 Å². The van der Waals surface area contributed by atoms with Gasteiger partial charge < -0.3 is 11.1 Å². The van der Waals surface area contributed by atoms with Crippen LogP contribution in [0.15, 0.2) is 0 Å². The monoisotopic (exact) mass is 238 g/mol. The molecule has 17 heavy (non-hydrogen) atoms. The average Bonchev–Trinajstić information content (AvgIpc) is 2.87. The number of hydrogen-bond acceptors (Lipinski definition) is 2. The van der Waals surface area contributed by atoms with Crippen LogP contribution in [0.25, 0.3) is 0 Å². The second kappa shape index (κ2) is 4.60. The van der Waals surface area contributed by atoms with E-state index in [1.807, 2.05) is 0 Å². The van der Waals surface area contributed by atoms with Gasteiger partial charge in [0.1, 0.15) is 0 Å². The van der Waals surface area contributed by atoms with Crippen molar-refractivity contribution in [2.45, 2.75) is 64.8 Å². The minimum atomic E-state index is -0.251. The van der Waals surface area contributed by atoms with Crippen LogP contribution in [0, 0.1) is 10.8 Å². The van der Waals surface area contributed by atoms with Crippen LogP contribution < -0.4 is 11.1 Å². The zero-order chi connectivity index (χ0) is 12.5. The molecule has 0 aromatic carbocycles. The van der Waals surface area contributed by atoms with Crippen molar-refractivity contribution >= 4 is 5.91 Å². The Bertz CT molecular complexity index is 293. The van der Waals surface area contributed by atoms with Gasteiger partial charge in [-0.05, 0) is 31.1 Å². The molecule has 2 saturated carbocycles. The maximum Gasteiger partial charge on any atom is 0.227 e. The smallest absolute Gasteiger partial charge is 0.227 e. The highest BCUT2D eigenvalue weighted by molar-refractivity contribution is 5.83. The van der Waals surface area contributed by atoms with E-state index in [-0.39, 0.29) is 16.7 Å². The van der Waals surface area contributed by atoms with E-state index in [1.165, 1.54) is 12.8 Å². The third kappa shape index (κ3) is 2.35.